The van der Waals surface area contributed by atoms with E-state index in [0.717, 1.165) is 12.1 Å². The SMILES string of the molecule is Nc1cc(F)c(Nc2ccc3c(c2)OCCO3)c(F)c1. The molecule has 1 heterocycles. The van der Waals surface area contributed by atoms with E-state index in [0.29, 0.717) is 30.4 Å². The summed E-state index contributed by atoms with van der Waals surface area (Å²) in [4.78, 5) is 0. The van der Waals surface area contributed by atoms with Gasteiger partial charge in [0.15, 0.2) is 23.1 Å². The lowest BCUT2D eigenvalue weighted by Gasteiger charge is -2.19. The van der Waals surface area contributed by atoms with Gasteiger partial charge < -0.3 is 20.5 Å². The van der Waals surface area contributed by atoms with Gasteiger partial charge in [-0.1, -0.05) is 0 Å². The molecule has 0 aliphatic carbocycles. The third-order valence-corrected chi connectivity index (χ3v) is 2.88. The first-order valence-corrected chi connectivity index (χ1v) is 6.04. The van der Waals surface area contributed by atoms with Crippen LogP contribution in [0.25, 0.3) is 0 Å². The van der Waals surface area contributed by atoms with E-state index in [1.54, 1.807) is 18.2 Å². The van der Waals surface area contributed by atoms with E-state index in [9.17, 15) is 8.78 Å². The largest absolute Gasteiger partial charge is 0.486 e. The smallest absolute Gasteiger partial charge is 0.163 e. The maximum absolute atomic E-state index is 13.7. The standard InChI is InChI=1S/C14H12F2N2O2/c15-10-5-8(17)6-11(16)14(10)18-9-1-2-12-13(7-9)20-4-3-19-12/h1-2,5-7,18H,3-4,17H2. The number of fused-ring (bicyclic) bond motifs is 1. The van der Waals surface area contributed by atoms with Crippen LogP contribution in [0.2, 0.25) is 0 Å². The molecular weight excluding hydrogens is 266 g/mol. The molecule has 0 fully saturated rings. The quantitative estimate of drug-likeness (QED) is 0.829. The summed E-state index contributed by atoms with van der Waals surface area (Å²) < 4.78 is 38.2. The Morgan fingerprint density at radius 1 is 0.950 bits per heavy atom. The zero-order valence-corrected chi connectivity index (χ0v) is 10.5. The fourth-order valence-corrected chi connectivity index (χ4v) is 1.98. The summed E-state index contributed by atoms with van der Waals surface area (Å²) in [5.74, 6) is -0.354. The summed E-state index contributed by atoms with van der Waals surface area (Å²) in [6.07, 6.45) is 0. The Bertz CT molecular complexity index is 639. The molecule has 4 nitrogen and oxygen atoms in total. The van der Waals surface area contributed by atoms with Crippen LogP contribution in [-0.4, -0.2) is 13.2 Å². The minimum Gasteiger partial charge on any atom is -0.486 e. The van der Waals surface area contributed by atoms with Crippen LogP contribution in [0.4, 0.5) is 25.8 Å². The van der Waals surface area contributed by atoms with Gasteiger partial charge in [-0.3, -0.25) is 0 Å². The average molecular weight is 278 g/mol. The number of hydrogen-bond donors (Lipinski definition) is 2. The molecule has 0 amide bonds. The number of nitrogens with two attached hydrogens (primary N) is 1. The van der Waals surface area contributed by atoms with Gasteiger partial charge in [0.05, 0.1) is 0 Å². The number of nitrogens with one attached hydrogen (secondary N) is 1. The van der Waals surface area contributed by atoms with Crippen LogP contribution in [0.5, 0.6) is 11.5 Å². The Kier molecular flexibility index (Phi) is 3.06. The second kappa shape index (κ2) is 4.88. The third kappa shape index (κ3) is 2.32. The van der Waals surface area contributed by atoms with Crippen molar-refractivity contribution in [3.05, 3.63) is 42.0 Å². The van der Waals surface area contributed by atoms with Gasteiger partial charge in [-0.05, 0) is 24.3 Å². The third-order valence-electron chi connectivity index (χ3n) is 2.88. The van der Waals surface area contributed by atoms with Gasteiger partial charge in [0.25, 0.3) is 0 Å². The Morgan fingerprint density at radius 2 is 1.60 bits per heavy atom. The highest BCUT2D eigenvalue weighted by Crippen LogP contribution is 2.34. The second-order valence-corrected chi connectivity index (χ2v) is 4.34. The van der Waals surface area contributed by atoms with Crippen molar-refractivity contribution in [2.75, 3.05) is 24.3 Å². The van der Waals surface area contributed by atoms with E-state index in [2.05, 4.69) is 5.32 Å². The van der Waals surface area contributed by atoms with E-state index in [1.165, 1.54) is 0 Å². The molecule has 2 aromatic carbocycles. The van der Waals surface area contributed by atoms with Gasteiger partial charge in [-0.15, -0.1) is 0 Å². The highest BCUT2D eigenvalue weighted by molar-refractivity contribution is 5.66. The lowest BCUT2D eigenvalue weighted by atomic mass is 10.2. The summed E-state index contributed by atoms with van der Waals surface area (Å²) in [5, 5.41) is 2.68. The van der Waals surface area contributed by atoms with Gasteiger partial charge in [0.2, 0.25) is 0 Å². The first kappa shape index (κ1) is 12.5. The molecular formula is C14H12F2N2O2. The lowest BCUT2D eigenvalue weighted by molar-refractivity contribution is 0.171. The molecule has 0 unspecified atom stereocenters. The summed E-state index contributed by atoms with van der Waals surface area (Å²) in [6.45, 7) is 0.933. The predicted molar refractivity (Wildman–Crippen MR) is 71.5 cm³/mol. The number of ether oxygens (including phenoxy) is 2. The van der Waals surface area contributed by atoms with Crippen LogP contribution in [-0.2, 0) is 0 Å². The van der Waals surface area contributed by atoms with Crippen molar-refractivity contribution >= 4 is 17.1 Å². The molecule has 0 aromatic heterocycles. The van der Waals surface area contributed by atoms with E-state index >= 15 is 0 Å². The van der Waals surface area contributed by atoms with Crippen LogP contribution in [0.1, 0.15) is 0 Å². The van der Waals surface area contributed by atoms with Gasteiger partial charge in [0.1, 0.15) is 18.9 Å². The maximum atomic E-state index is 13.7. The Balaban J connectivity index is 1.92. The first-order chi connectivity index (χ1) is 9.63. The highest BCUT2D eigenvalue weighted by Gasteiger charge is 2.14. The number of rotatable bonds is 2. The van der Waals surface area contributed by atoms with E-state index in [-0.39, 0.29) is 11.4 Å². The molecule has 0 saturated heterocycles. The fraction of sp³-hybridized carbons (Fsp3) is 0.143. The van der Waals surface area contributed by atoms with Gasteiger partial charge in [-0.2, -0.15) is 0 Å². The number of halogens is 2. The van der Waals surface area contributed by atoms with Crippen LogP contribution in [0.15, 0.2) is 30.3 Å². The highest BCUT2D eigenvalue weighted by atomic mass is 19.1. The van der Waals surface area contributed by atoms with Crippen molar-refractivity contribution in [2.45, 2.75) is 0 Å². The number of nitrogen functional groups attached to an aromatic ring is 1. The molecule has 0 atom stereocenters. The minimum atomic E-state index is -0.752. The van der Waals surface area contributed by atoms with Gasteiger partial charge in [0, 0.05) is 17.4 Å². The van der Waals surface area contributed by atoms with E-state index in [1.807, 2.05) is 0 Å². The van der Waals surface area contributed by atoms with Crippen molar-refractivity contribution in [2.24, 2.45) is 0 Å². The fourth-order valence-electron chi connectivity index (χ4n) is 1.98. The summed E-state index contributed by atoms with van der Waals surface area (Å²) in [5.41, 5.74) is 5.65. The topological polar surface area (TPSA) is 56.5 Å². The molecule has 20 heavy (non-hydrogen) atoms. The Hall–Kier alpha value is -2.50. The van der Waals surface area contributed by atoms with Crippen LogP contribution in [0, 0.1) is 11.6 Å². The van der Waals surface area contributed by atoms with Crippen molar-refractivity contribution in [1.29, 1.82) is 0 Å². The molecule has 0 radical (unpaired) electrons. The molecule has 1 aliphatic rings. The van der Waals surface area contributed by atoms with Crippen LogP contribution < -0.4 is 20.5 Å². The molecule has 0 saturated carbocycles. The second-order valence-electron chi connectivity index (χ2n) is 4.34. The maximum Gasteiger partial charge on any atom is 0.163 e. The molecule has 104 valence electrons. The molecule has 0 bridgehead atoms. The van der Waals surface area contributed by atoms with Crippen molar-refractivity contribution in [3.63, 3.8) is 0 Å². The Labute approximate surface area is 114 Å². The predicted octanol–water partition coefficient (Wildman–Crippen LogP) is 3.06. The van der Waals surface area contributed by atoms with Crippen LogP contribution in [0.3, 0.4) is 0 Å². The zero-order chi connectivity index (χ0) is 14.1. The van der Waals surface area contributed by atoms with Gasteiger partial charge in [-0.25, -0.2) is 8.78 Å². The molecule has 6 heteroatoms. The molecule has 3 N–H and O–H groups in total. The monoisotopic (exact) mass is 278 g/mol. The minimum absolute atomic E-state index is 0.0349. The summed E-state index contributed by atoms with van der Waals surface area (Å²) in [7, 11) is 0. The van der Waals surface area contributed by atoms with Crippen molar-refractivity contribution in [1.82, 2.24) is 0 Å². The van der Waals surface area contributed by atoms with Crippen molar-refractivity contribution < 1.29 is 18.3 Å². The molecule has 0 spiro atoms. The zero-order valence-electron chi connectivity index (χ0n) is 10.5. The Morgan fingerprint density at radius 3 is 2.30 bits per heavy atom. The van der Waals surface area contributed by atoms with E-state index in [4.69, 9.17) is 15.2 Å². The molecule has 1 aliphatic heterocycles. The average Bonchev–Trinajstić information content (AvgIpc) is 2.42. The first-order valence-electron chi connectivity index (χ1n) is 6.04. The molecule has 3 rings (SSSR count). The summed E-state index contributed by atoms with van der Waals surface area (Å²) >= 11 is 0. The van der Waals surface area contributed by atoms with Gasteiger partial charge >= 0.3 is 0 Å². The number of hydrogen-bond acceptors (Lipinski definition) is 4. The summed E-state index contributed by atoms with van der Waals surface area (Å²) in [6, 6.07) is 7.09. The van der Waals surface area contributed by atoms with E-state index < -0.39 is 11.6 Å². The molecule has 2 aromatic rings. The lowest BCUT2D eigenvalue weighted by Crippen LogP contribution is -2.15. The number of benzene rings is 2. The van der Waals surface area contributed by atoms with Crippen LogP contribution >= 0.6 is 0 Å². The van der Waals surface area contributed by atoms with Crippen molar-refractivity contribution in [3.8, 4) is 11.5 Å². The number of anilines is 3. The normalized spacial score (nSPS) is 13.1.